The minimum absolute atomic E-state index is 0.0734. The molecule has 0 bridgehead atoms. The lowest BCUT2D eigenvalue weighted by molar-refractivity contribution is -0.156. The molecule has 2 fully saturated rings. The number of ether oxygens (including phenoxy) is 1. The van der Waals surface area contributed by atoms with Crippen molar-refractivity contribution in [3.8, 4) is 5.75 Å². The van der Waals surface area contributed by atoms with Gasteiger partial charge in [0.15, 0.2) is 0 Å². The number of amides is 2. The van der Waals surface area contributed by atoms with Crippen LogP contribution in [0, 0.1) is 5.92 Å². The number of aromatic hydroxyl groups is 1. The Balaban J connectivity index is 1.69. The lowest BCUT2D eigenvalue weighted by atomic mass is 9.84. The number of phenolic OH excluding ortho intramolecular Hbond substituents is 1. The molecule has 208 valence electrons. The van der Waals surface area contributed by atoms with Crippen LogP contribution in [0.2, 0.25) is 10.0 Å². The van der Waals surface area contributed by atoms with E-state index in [-0.39, 0.29) is 47.9 Å². The third-order valence-corrected chi connectivity index (χ3v) is 8.71. The molecule has 2 aliphatic rings. The quantitative estimate of drug-likeness (QED) is 0.512. The van der Waals surface area contributed by atoms with E-state index in [1.165, 1.54) is 15.9 Å². The van der Waals surface area contributed by atoms with Crippen molar-refractivity contribution in [2.45, 2.75) is 76.4 Å². The molecule has 1 aromatic rings. The van der Waals surface area contributed by atoms with Gasteiger partial charge in [0.1, 0.15) is 11.4 Å². The fourth-order valence-electron chi connectivity index (χ4n) is 4.38. The molecule has 2 aliphatic heterocycles. The summed E-state index contributed by atoms with van der Waals surface area (Å²) >= 11 is 12.3. The average Bonchev–Trinajstić information content (AvgIpc) is 2.75. The zero-order chi connectivity index (χ0) is 27.9. The van der Waals surface area contributed by atoms with Gasteiger partial charge in [-0.25, -0.2) is 18.1 Å². The fraction of sp³-hybridized carbons (Fsp3) is 0.680. The fourth-order valence-corrected chi connectivity index (χ4v) is 5.61. The molecule has 1 aromatic carbocycles. The standard InChI is InChI=1S/C25H36Cl2FN3O5S/c1-23(2,3)36-22(34)31-13-25(28,14-31)21(33)30-9-7-15(8-10-30)20(29-37(35)24(4,5)6)16-11-17(26)18(27)12-19(16)32/h11-12,15,20,29,32H,7-10,13-14H2,1-6H3/t20-,37+/m1/s1. The van der Waals surface area contributed by atoms with Crippen molar-refractivity contribution >= 4 is 46.2 Å². The summed E-state index contributed by atoms with van der Waals surface area (Å²) in [5, 5.41) is 11.1. The molecule has 12 heteroatoms. The smallest absolute Gasteiger partial charge is 0.410 e. The first-order chi connectivity index (χ1) is 16.9. The van der Waals surface area contributed by atoms with Crippen LogP contribution >= 0.6 is 23.2 Å². The summed E-state index contributed by atoms with van der Waals surface area (Å²) in [7, 11) is -1.46. The van der Waals surface area contributed by atoms with Gasteiger partial charge < -0.3 is 19.6 Å². The lowest BCUT2D eigenvalue weighted by Crippen LogP contribution is -2.68. The van der Waals surface area contributed by atoms with Gasteiger partial charge in [-0.3, -0.25) is 4.79 Å². The number of nitrogens with one attached hydrogen (secondary N) is 1. The van der Waals surface area contributed by atoms with Crippen LogP contribution < -0.4 is 4.72 Å². The Labute approximate surface area is 230 Å². The Morgan fingerprint density at radius 1 is 1.11 bits per heavy atom. The molecule has 0 aromatic heterocycles. The van der Waals surface area contributed by atoms with Crippen LogP contribution in [0.3, 0.4) is 0 Å². The molecular weight excluding hydrogens is 544 g/mol. The van der Waals surface area contributed by atoms with Gasteiger partial charge in [0, 0.05) is 24.7 Å². The van der Waals surface area contributed by atoms with E-state index in [4.69, 9.17) is 27.9 Å². The number of hydrogen-bond donors (Lipinski definition) is 2. The largest absolute Gasteiger partial charge is 0.508 e. The van der Waals surface area contributed by atoms with Gasteiger partial charge in [0.2, 0.25) is 5.67 Å². The number of phenols is 1. The number of rotatable bonds is 5. The van der Waals surface area contributed by atoms with Crippen LogP contribution in [0.4, 0.5) is 9.18 Å². The summed E-state index contributed by atoms with van der Waals surface area (Å²) in [6, 6.07) is 2.38. The van der Waals surface area contributed by atoms with E-state index >= 15 is 4.39 Å². The van der Waals surface area contributed by atoms with E-state index in [1.807, 2.05) is 20.8 Å². The Morgan fingerprint density at radius 3 is 2.16 bits per heavy atom. The Kier molecular flexibility index (Phi) is 8.79. The molecule has 0 spiro atoms. The summed E-state index contributed by atoms with van der Waals surface area (Å²) in [5.74, 6) is -0.838. The van der Waals surface area contributed by atoms with Crippen LogP contribution in [-0.2, 0) is 20.5 Å². The van der Waals surface area contributed by atoms with Crippen molar-refractivity contribution in [3.63, 3.8) is 0 Å². The normalized spacial score (nSPS) is 20.2. The van der Waals surface area contributed by atoms with E-state index in [0.29, 0.717) is 18.4 Å². The van der Waals surface area contributed by atoms with Gasteiger partial charge in [0.05, 0.1) is 44.9 Å². The molecule has 0 saturated carbocycles. The third-order valence-electron chi connectivity index (χ3n) is 6.41. The first-order valence-corrected chi connectivity index (χ1v) is 14.1. The number of carbonyl (C=O) groups excluding carboxylic acids is 2. The third kappa shape index (κ3) is 7.07. The van der Waals surface area contributed by atoms with Crippen LogP contribution in [-0.4, -0.2) is 73.3 Å². The number of halogens is 3. The van der Waals surface area contributed by atoms with Crippen LogP contribution in [0.15, 0.2) is 12.1 Å². The summed E-state index contributed by atoms with van der Waals surface area (Å²) in [6.07, 6.45) is 0.321. The van der Waals surface area contributed by atoms with Gasteiger partial charge in [-0.05, 0) is 66.4 Å². The molecule has 37 heavy (non-hydrogen) atoms. The highest BCUT2D eigenvalue weighted by Gasteiger charge is 2.55. The van der Waals surface area contributed by atoms with E-state index in [1.54, 1.807) is 26.8 Å². The predicted molar refractivity (Wildman–Crippen MR) is 143 cm³/mol. The molecule has 0 radical (unpaired) electrons. The van der Waals surface area contributed by atoms with E-state index in [0.717, 1.165) is 0 Å². The molecule has 3 rings (SSSR count). The van der Waals surface area contributed by atoms with Crippen molar-refractivity contribution < 1.29 is 28.0 Å². The second-order valence-corrected chi connectivity index (χ2v) is 14.5. The zero-order valence-corrected chi connectivity index (χ0v) is 24.4. The van der Waals surface area contributed by atoms with Crippen molar-refractivity contribution in [1.29, 1.82) is 0 Å². The molecule has 0 unspecified atom stereocenters. The topological polar surface area (TPSA) is 99.2 Å². The maximum absolute atomic E-state index is 15.3. The molecule has 2 atom stereocenters. The SMILES string of the molecule is CC(C)(C)OC(=O)N1CC(F)(C(=O)N2CCC([C@@H](N[S@@](=O)C(C)(C)C)c3cc(Cl)c(Cl)cc3O)CC2)C1. The van der Waals surface area contributed by atoms with Crippen molar-refractivity contribution in [1.82, 2.24) is 14.5 Å². The Hall–Kier alpha value is -1.62. The summed E-state index contributed by atoms with van der Waals surface area (Å²) in [6.45, 7) is 10.6. The van der Waals surface area contributed by atoms with E-state index < -0.39 is 45.0 Å². The van der Waals surface area contributed by atoms with Crippen molar-refractivity contribution in [2.75, 3.05) is 26.2 Å². The van der Waals surface area contributed by atoms with Gasteiger partial charge >= 0.3 is 6.09 Å². The monoisotopic (exact) mass is 579 g/mol. The molecule has 0 aliphatic carbocycles. The van der Waals surface area contributed by atoms with Crippen molar-refractivity contribution in [2.24, 2.45) is 5.92 Å². The molecular formula is C25H36Cl2FN3O5S. The Bertz CT molecular complexity index is 1060. The highest BCUT2D eigenvalue weighted by Crippen LogP contribution is 2.40. The number of likely N-dealkylation sites (tertiary alicyclic amines) is 2. The van der Waals surface area contributed by atoms with Crippen LogP contribution in [0.5, 0.6) is 5.75 Å². The summed E-state index contributed by atoms with van der Waals surface area (Å²) < 4.78 is 36.1. The first-order valence-electron chi connectivity index (χ1n) is 12.2. The number of hydrogen-bond acceptors (Lipinski definition) is 5. The number of nitrogens with zero attached hydrogens (tertiary/aromatic N) is 2. The minimum atomic E-state index is -2.14. The molecule has 2 saturated heterocycles. The van der Waals surface area contributed by atoms with E-state index in [2.05, 4.69) is 4.72 Å². The highest BCUT2D eigenvalue weighted by molar-refractivity contribution is 7.84. The predicted octanol–water partition coefficient (Wildman–Crippen LogP) is 4.99. The number of piperidine rings is 1. The molecule has 2 heterocycles. The highest BCUT2D eigenvalue weighted by atomic mass is 35.5. The van der Waals surface area contributed by atoms with Gasteiger partial charge in [-0.2, -0.15) is 0 Å². The minimum Gasteiger partial charge on any atom is -0.508 e. The maximum Gasteiger partial charge on any atom is 0.410 e. The van der Waals surface area contributed by atoms with Gasteiger partial charge in [-0.15, -0.1) is 0 Å². The van der Waals surface area contributed by atoms with Gasteiger partial charge in [0.25, 0.3) is 5.91 Å². The molecule has 2 amide bonds. The van der Waals surface area contributed by atoms with Gasteiger partial charge in [-0.1, -0.05) is 23.2 Å². The van der Waals surface area contributed by atoms with Crippen LogP contribution in [0.1, 0.15) is 66.0 Å². The molecule has 8 nitrogen and oxygen atoms in total. The van der Waals surface area contributed by atoms with E-state index in [9.17, 15) is 18.9 Å². The van der Waals surface area contributed by atoms with Crippen molar-refractivity contribution in [3.05, 3.63) is 27.7 Å². The summed E-state index contributed by atoms with van der Waals surface area (Å²) in [5.41, 5.74) is -2.38. The zero-order valence-electron chi connectivity index (χ0n) is 22.1. The summed E-state index contributed by atoms with van der Waals surface area (Å²) in [4.78, 5) is 27.8. The molecule has 2 N–H and O–H groups in total. The number of alkyl halides is 1. The second kappa shape index (κ2) is 10.9. The maximum atomic E-state index is 15.3. The first kappa shape index (κ1) is 29.9. The average molecular weight is 581 g/mol. The van der Waals surface area contributed by atoms with Crippen LogP contribution in [0.25, 0.3) is 0 Å². The number of benzene rings is 1. The lowest BCUT2D eigenvalue weighted by Gasteiger charge is -2.46. The second-order valence-electron chi connectivity index (χ2n) is 11.7. The number of carbonyl (C=O) groups is 2. The Morgan fingerprint density at radius 2 is 1.65 bits per heavy atom.